The highest BCUT2D eigenvalue weighted by molar-refractivity contribution is 6.31. The fraction of sp³-hybridized carbons (Fsp3) is 0.579. The molecular formula is C19H26ClN3O2. The van der Waals surface area contributed by atoms with Gasteiger partial charge in [0.15, 0.2) is 0 Å². The van der Waals surface area contributed by atoms with E-state index in [1.165, 1.54) is 0 Å². The van der Waals surface area contributed by atoms with Crippen LogP contribution in [0.25, 0.3) is 0 Å². The van der Waals surface area contributed by atoms with Crippen LogP contribution < -0.4 is 0 Å². The first-order chi connectivity index (χ1) is 11.9. The van der Waals surface area contributed by atoms with Crippen molar-refractivity contribution < 1.29 is 9.59 Å². The number of nitrogens with zero attached hydrogens (tertiary/aromatic N) is 3. The molecule has 0 bridgehead atoms. The van der Waals surface area contributed by atoms with E-state index in [4.69, 9.17) is 11.6 Å². The van der Waals surface area contributed by atoms with Crippen molar-refractivity contribution in [2.45, 2.75) is 38.9 Å². The Morgan fingerprint density at radius 2 is 1.88 bits per heavy atom. The molecule has 0 spiro atoms. The van der Waals surface area contributed by atoms with Crippen molar-refractivity contribution in [2.75, 3.05) is 26.7 Å². The van der Waals surface area contributed by atoms with Crippen LogP contribution >= 0.6 is 11.6 Å². The highest BCUT2D eigenvalue weighted by atomic mass is 35.5. The number of halogens is 1. The maximum absolute atomic E-state index is 12.9. The first-order valence-electron chi connectivity index (χ1n) is 8.91. The molecule has 1 aromatic carbocycles. The second-order valence-electron chi connectivity index (χ2n) is 7.47. The molecule has 2 atom stereocenters. The summed E-state index contributed by atoms with van der Waals surface area (Å²) in [7, 11) is 1.76. The smallest absolute Gasteiger partial charge is 0.247 e. The first kappa shape index (κ1) is 18.2. The molecule has 0 radical (unpaired) electrons. The summed E-state index contributed by atoms with van der Waals surface area (Å²) in [4.78, 5) is 31.4. The molecule has 0 aromatic heterocycles. The average molecular weight is 364 g/mol. The van der Waals surface area contributed by atoms with Gasteiger partial charge in [-0.1, -0.05) is 43.6 Å². The summed E-state index contributed by atoms with van der Waals surface area (Å²) in [5.74, 6) is 0.523. The van der Waals surface area contributed by atoms with E-state index in [1.807, 2.05) is 24.3 Å². The largest absolute Gasteiger partial charge is 0.332 e. The highest BCUT2D eigenvalue weighted by Gasteiger charge is 2.46. The first-order valence-corrected chi connectivity index (χ1v) is 9.29. The van der Waals surface area contributed by atoms with Gasteiger partial charge in [-0.3, -0.25) is 14.5 Å². The van der Waals surface area contributed by atoms with Gasteiger partial charge in [0.25, 0.3) is 0 Å². The van der Waals surface area contributed by atoms with E-state index >= 15 is 0 Å². The minimum atomic E-state index is -0.378. The van der Waals surface area contributed by atoms with Crippen molar-refractivity contribution in [3.05, 3.63) is 34.9 Å². The lowest BCUT2D eigenvalue weighted by atomic mass is 9.95. The van der Waals surface area contributed by atoms with E-state index in [2.05, 4.69) is 18.7 Å². The number of hydrogen-bond donors (Lipinski definition) is 0. The van der Waals surface area contributed by atoms with Gasteiger partial charge in [-0.05, 0) is 24.0 Å². The van der Waals surface area contributed by atoms with Crippen LogP contribution in [0.5, 0.6) is 0 Å². The number of likely N-dealkylation sites (N-methyl/N-ethyl adjacent to an activating group) is 1. The molecule has 2 saturated heterocycles. The molecule has 2 heterocycles. The Bertz CT molecular complexity index is 664. The van der Waals surface area contributed by atoms with Crippen LogP contribution in [0.1, 0.15) is 25.8 Å². The second-order valence-corrected chi connectivity index (χ2v) is 7.88. The summed E-state index contributed by atoms with van der Waals surface area (Å²) >= 11 is 6.26. The van der Waals surface area contributed by atoms with Gasteiger partial charge >= 0.3 is 0 Å². The Balaban J connectivity index is 1.72. The molecular weight excluding hydrogens is 338 g/mol. The molecule has 136 valence electrons. The number of piperazine rings is 2. The summed E-state index contributed by atoms with van der Waals surface area (Å²) < 4.78 is 0. The van der Waals surface area contributed by atoms with Crippen LogP contribution in [0.3, 0.4) is 0 Å². The Labute approximate surface area is 154 Å². The van der Waals surface area contributed by atoms with Gasteiger partial charge in [-0.25, -0.2) is 0 Å². The normalized spacial score (nSPS) is 24.8. The molecule has 6 heteroatoms. The van der Waals surface area contributed by atoms with Crippen molar-refractivity contribution >= 4 is 23.4 Å². The Morgan fingerprint density at radius 1 is 1.16 bits per heavy atom. The molecule has 2 amide bonds. The zero-order chi connectivity index (χ0) is 18.1. The molecule has 1 aromatic rings. The van der Waals surface area contributed by atoms with Crippen molar-refractivity contribution in [1.29, 1.82) is 0 Å². The van der Waals surface area contributed by atoms with Crippen LogP contribution in [0.2, 0.25) is 5.02 Å². The minimum absolute atomic E-state index is 0.0501. The molecule has 2 aliphatic rings. The van der Waals surface area contributed by atoms with Gasteiger partial charge < -0.3 is 9.80 Å². The van der Waals surface area contributed by atoms with E-state index in [-0.39, 0.29) is 23.9 Å². The summed E-state index contributed by atoms with van der Waals surface area (Å²) in [6.07, 6.45) is 0.716. The van der Waals surface area contributed by atoms with E-state index < -0.39 is 0 Å². The maximum Gasteiger partial charge on any atom is 0.247 e. The van der Waals surface area contributed by atoms with Gasteiger partial charge in [0, 0.05) is 38.2 Å². The van der Waals surface area contributed by atoms with Gasteiger partial charge in [0.05, 0.1) is 0 Å². The Hall–Kier alpha value is -1.59. The molecule has 25 heavy (non-hydrogen) atoms. The maximum atomic E-state index is 12.9. The molecule has 2 fully saturated rings. The van der Waals surface area contributed by atoms with Crippen LogP contribution in [0.15, 0.2) is 24.3 Å². The summed E-state index contributed by atoms with van der Waals surface area (Å²) in [6.45, 7) is 6.79. The summed E-state index contributed by atoms with van der Waals surface area (Å²) in [6, 6.07) is 7.07. The number of carbonyl (C=O) groups excluding carboxylic acids is 2. The summed E-state index contributed by atoms with van der Waals surface area (Å²) in [5, 5.41) is 0.741. The Kier molecular flexibility index (Phi) is 5.35. The fourth-order valence-corrected chi connectivity index (χ4v) is 3.97. The van der Waals surface area contributed by atoms with Gasteiger partial charge in [0.1, 0.15) is 12.1 Å². The third kappa shape index (κ3) is 3.67. The topological polar surface area (TPSA) is 43.9 Å². The van der Waals surface area contributed by atoms with E-state index in [1.54, 1.807) is 16.8 Å². The van der Waals surface area contributed by atoms with E-state index in [9.17, 15) is 9.59 Å². The zero-order valence-electron chi connectivity index (χ0n) is 15.1. The monoisotopic (exact) mass is 363 g/mol. The molecule has 0 N–H and O–H groups in total. The lowest BCUT2D eigenvalue weighted by Crippen LogP contribution is -2.69. The lowest BCUT2D eigenvalue weighted by Gasteiger charge is -2.48. The molecule has 0 aliphatic carbocycles. The van der Waals surface area contributed by atoms with Crippen molar-refractivity contribution in [1.82, 2.24) is 14.7 Å². The van der Waals surface area contributed by atoms with Gasteiger partial charge in [0.2, 0.25) is 11.8 Å². The second kappa shape index (κ2) is 7.34. The molecule has 0 unspecified atom stereocenters. The molecule has 3 rings (SSSR count). The number of amides is 2. The van der Waals surface area contributed by atoms with Crippen molar-refractivity contribution in [3.8, 4) is 0 Å². The number of fused-ring (bicyclic) bond motifs is 1. The summed E-state index contributed by atoms with van der Waals surface area (Å²) in [5.41, 5.74) is 1.05. The molecule has 2 aliphatic heterocycles. The Morgan fingerprint density at radius 3 is 2.56 bits per heavy atom. The standard InChI is InChI=1S/C19H26ClN3O2/c1-13(2)10-16-19(25)23-9-8-22(12-17(23)18(24)21(16)3)11-14-6-4-5-7-15(14)20/h4-7,13,16-17H,8-12H2,1-3H3/t16-,17+/m0/s1. The minimum Gasteiger partial charge on any atom is -0.332 e. The van der Waals surface area contributed by atoms with Crippen molar-refractivity contribution in [3.63, 3.8) is 0 Å². The SMILES string of the molecule is CC(C)C[C@H]1C(=O)N2CCN(Cc3ccccc3Cl)C[C@@H]2C(=O)N1C. The van der Waals surface area contributed by atoms with Crippen LogP contribution in [0.4, 0.5) is 0 Å². The number of rotatable bonds is 4. The lowest BCUT2D eigenvalue weighted by molar-refractivity contribution is -0.164. The number of hydrogen-bond acceptors (Lipinski definition) is 3. The molecule has 5 nitrogen and oxygen atoms in total. The average Bonchev–Trinajstić information content (AvgIpc) is 2.58. The van der Waals surface area contributed by atoms with Gasteiger partial charge in [-0.2, -0.15) is 0 Å². The van der Waals surface area contributed by atoms with Crippen molar-refractivity contribution in [2.24, 2.45) is 5.92 Å². The predicted molar refractivity (Wildman–Crippen MR) is 98.2 cm³/mol. The molecule has 0 saturated carbocycles. The van der Waals surface area contributed by atoms with E-state index in [0.29, 0.717) is 32.0 Å². The highest BCUT2D eigenvalue weighted by Crippen LogP contribution is 2.26. The van der Waals surface area contributed by atoms with Crippen LogP contribution in [-0.4, -0.2) is 65.3 Å². The fourth-order valence-electron chi connectivity index (χ4n) is 3.78. The van der Waals surface area contributed by atoms with Crippen LogP contribution in [-0.2, 0) is 16.1 Å². The van der Waals surface area contributed by atoms with Crippen LogP contribution in [0, 0.1) is 5.92 Å². The third-order valence-corrected chi connectivity index (χ3v) is 5.55. The van der Waals surface area contributed by atoms with Gasteiger partial charge in [-0.15, -0.1) is 0 Å². The quantitative estimate of drug-likeness (QED) is 0.824. The van der Waals surface area contributed by atoms with E-state index in [0.717, 1.165) is 17.1 Å². The third-order valence-electron chi connectivity index (χ3n) is 5.18. The number of benzene rings is 1. The zero-order valence-corrected chi connectivity index (χ0v) is 15.9. The number of carbonyl (C=O) groups is 2. The predicted octanol–water partition coefficient (Wildman–Crippen LogP) is 2.24.